The van der Waals surface area contributed by atoms with Gasteiger partial charge in [0.2, 0.25) is 0 Å². The van der Waals surface area contributed by atoms with Crippen molar-refractivity contribution in [1.29, 1.82) is 0 Å². The standard InChI is InChI=1S/C27H27F3N4O6/c1-39-18-7-16(8-19(10-18)40-2)24-20-5-6-32(13-23(36)37)25(20)26(38)34(31-24)22-9-17(33-11-15(12-33)14-35)3-4-21(22)27(28,29)30/h3-4,7-10,15,35H,5-6,11-14H2,1-2H3,(H,36,37). The van der Waals surface area contributed by atoms with Gasteiger partial charge >= 0.3 is 12.1 Å². The molecule has 3 aromatic rings. The number of aliphatic carboxylic acids is 1. The van der Waals surface area contributed by atoms with E-state index in [4.69, 9.17) is 9.47 Å². The van der Waals surface area contributed by atoms with Crippen LogP contribution in [0, 0.1) is 5.92 Å². The molecule has 2 aliphatic heterocycles. The Kier molecular flexibility index (Phi) is 7.08. The van der Waals surface area contributed by atoms with E-state index in [0.29, 0.717) is 46.1 Å². The lowest BCUT2D eigenvalue weighted by Crippen LogP contribution is -2.48. The van der Waals surface area contributed by atoms with Crippen molar-refractivity contribution in [1.82, 2.24) is 9.78 Å². The highest BCUT2D eigenvalue weighted by Crippen LogP contribution is 2.39. The quantitative estimate of drug-likeness (QED) is 0.429. The van der Waals surface area contributed by atoms with E-state index < -0.39 is 35.5 Å². The molecule has 1 saturated heterocycles. The number of carboxylic acid groups (broad SMARTS) is 1. The molecule has 1 aromatic heterocycles. The van der Waals surface area contributed by atoms with Crippen molar-refractivity contribution in [3.05, 3.63) is 57.9 Å². The number of alkyl halides is 3. The number of anilines is 2. The molecule has 0 spiro atoms. The smallest absolute Gasteiger partial charge is 0.418 e. The van der Waals surface area contributed by atoms with Crippen molar-refractivity contribution < 1.29 is 37.7 Å². The first-order valence-corrected chi connectivity index (χ1v) is 12.5. The van der Waals surface area contributed by atoms with Crippen molar-refractivity contribution in [2.24, 2.45) is 5.92 Å². The van der Waals surface area contributed by atoms with E-state index in [1.54, 1.807) is 23.1 Å². The molecular formula is C27H27F3N4O6. The predicted molar refractivity (Wildman–Crippen MR) is 140 cm³/mol. The van der Waals surface area contributed by atoms with E-state index in [1.807, 2.05) is 0 Å². The molecule has 40 heavy (non-hydrogen) atoms. The molecule has 0 saturated carbocycles. The zero-order valence-electron chi connectivity index (χ0n) is 21.7. The SMILES string of the molecule is COc1cc(OC)cc(-c2nn(-c3cc(N4CC(CO)C4)ccc3C(F)(F)F)c(=O)c3c2CCN3CC(=O)O)c1. The van der Waals surface area contributed by atoms with Gasteiger partial charge in [-0.1, -0.05) is 0 Å². The summed E-state index contributed by atoms with van der Waals surface area (Å²) < 4.78 is 54.1. The van der Waals surface area contributed by atoms with Gasteiger partial charge in [0.25, 0.3) is 5.56 Å². The maximum Gasteiger partial charge on any atom is 0.418 e. The fourth-order valence-electron chi connectivity index (χ4n) is 5.16. The van der Waals surface area contributed by atoms with Crippen molar-refractivity contribution in [3.63, 3.8) is 0 Å². The molecule has 2 aromatic carbocycles. The Balaban J connectivity index is 1.77. The average molecular weight is 561 g/mol. The number of carboxylic acids is 1. The molecule has 3 heterocycles. The first kappa shape index (κ1) is 27.3. The monoisotopic (exact) mass is 560 g/mol. The zero-order chi connectivity index (χ0) is 28.8. The second-order valence-electron chi connectivity index (χ2n) is 9.71. The average Bonchev–Trinajstić information content (AvgIpc) is 3.30. The Hall–Kier alpha value is -4.26. The molecule has 5 rings (SSSR count). The van der Waals surface area contributed by atoms with Crippen LogP contribution in [0.2, 0.25) is 0 Å². The molecule has 13 heteroatoms. The van der Waals surface area contributed by atoms with E-state index in [2.05, 4.69) is 5.10 Å². The van der Waals surface area contributed by atoms with Gasteiger partial charge in [-0.25, -0.2) is 0 Å². The van der Waals surface area contributed by atoms with E-state index in [0.717, 1.165) is 6.07 Å². The third kappa shape index (κ3) is 4.92. The summed E-state index contributed by atoms with van der Waals surface area (Å²) in [6.45, 7) is 0.543. The van der Waals surface area contributed by atoms with Crippen molar-refractivity contribution in [2.75, 3.05) is 56.8 Å². The molecule has 1 fully saturated rings. The number of nitrogens with zero attached hydrogens (tertiary/aromatic N) is 4. The molecule has 0 amide bonds. The van der Waals surface area contributed by atoms with Crippen LogP contribution in [0.25, 0.3) is 16.9 Å². The Morgan fingerprint density at radius 2 is 1.77 bits per heavy atom. The summed E-state index contributed by atoms with van der Waals surface area (Å²) in [6, 6.07) is 8.34. The van der Waals surface area contributed by atoms with Gasteiger partial charge < -0.3 is 29.5 Å². The predicted octanol–water partition coefficient (Wildman–Crippen LogP) is 2.81. The molecule has 212 valence electrons. The molecule has 0 unspecified atom stereocenters. The number of rotatable bonds is 8. The van der Waals surface area contributed by atoms with E-state index in [9.17, 15) is 33.0 Å². The number of aliphatic hydroxyl groups is 1. The summed E-state index contributed by atoms with van der Waals surface area (Å²) in [5.41, 5.74) is -0.918. The van der Waals surface area contributed by atoms with Crippen LogP contribution in [-0.2, 0) is 17.4 Å². The van der Waals surface area contributed by atoms with Crippen LogP contribution in [-0.4, -0.2) is 73.0 Å². The molecule has 0 aliphatic carbocycles. The topological polar surface area (TPSA) is 117 Å². The Morgan fingerprint density at radius 1 is 1.10 bits per heavy atom. The van der Waals surface area contributed by atoms with Crippen LogP contribution in [0.4, 0.5) is 24.5 Å². The lowest BCUT2D eigenvalue weighted by atomic mass is 9.99. The molecule has 0 atom stereocenters. The lowest BCUT2D eigenvalue weighted by molar-refractivity contribution is -0.137. The third-order valence-corrected chi connectivity index (χ3v) is 7.16. The van der Waals surface area contributed by atoms with Gasteiger partial charge in [-0.3, -0.25) is 9.59 Å². The summed E-state index contributed by atoms with van der Waals surface area (Å²) in [4.78, 5) is 28.5. The van der Waals surface area contributed by atoms with Crippen LogP contribution in [0.5, 0.6) is 11.5 Å². The summed E-state index contributed by atoms with van der Waals surface area (Å²) >= 11 is 0. The van der Waals surface area contributed by atoms with Gasteiger partial charge in [0.15, 0.2) is 0 Å². The third-order valence-electron chi connectivity index (χ3n) is 7.16. The second kappa shape index (κ2) is 10.4. The first-order chi connectivity index (χ1) is 19.0. The van der Waals surface area contributed by atoms with Crippen LogP contribution >= 0.6 is 0 Å². The second-order valence-corrected chi connectivity index (χ2v) is 9.71. The number of methoxy groups -OCH3 is 2. The minimum Gasteiger partial charge on any atom is -0.497 e. The van der Waals surface area contributed by atoms with Crippen LogP contribution in [0.15, 0.2) is 41.2 Å². The highest BCUT2D eigenvalue weighted by molar-refractivity contribution is 5.79. The number of halogens is 3. The molecular weight excluding hydrogens is 533 g/mol. The highest BCUT2D eigenvalue weighted by Gasteiger charge is 2.38. The zero-order valence-corrected chi connectivity index (χ0v) is 21.7. The Bertz CT molecular complexity index is 1500. The number of aliphatic hydroxyl groups excluding tert-OH is 1. The van der Waals surface area contributed by atoms with Gasteiger partial charge in [-0.15, -0.1) is 0 Å². The van der Waals surface area contributed by atoms with Gasteiger partial charge in [0.05, 0.1) is 31.2 Å². The lowest BCUT2D eigenvalue weighted by Gasteiger charge is -2.40. The van der Waals surface area contributed by atoms with E-state index in [1.165, 1.54) is 31.3 Å². The number of carbonyl (C=O) groups is 1. The van der Waals surface area contributed by atoms with Gasteiger partial charge in [-0.2, -0.15) is 23.0 Å². The van der Waals surface area contributed by atoms with Crippen molar-refractivity contribution >= 4 is 17.3 Å². The maximum atomic E-state index is 14.2. The summed E-state index contributed by atoms with van der Waals surface area (Å²) in [5.74, 6) is -0.380. The number of aromatic nitrogens is 2. The molecule has 10 nitrogen and oxygen atoms in total. The normalized spacial score (nSPS) is 15.2. The number of fused-ring (bicyclic) bond motifs is 1. The van der Waals surface area contributed by atoms with Crippen LogP contribution in [0.1, 0.15) is 11.1 Å². The molecule has 0 bridgehead atoms. The van der Waals surface area contributed by atoms with Gasteiger partial charge in [0, 0.05) is 55.0 Å². The van der Waals surface area contributed by atoms with Gasteiger partial charge in [-0.05, 0) is 36.8 Å². The first-order valence-electron chi connectivity index (χ1n) is 12.5. The number of ether oxygens (including phenoxy) is 2. The van der Waals surface area contributed by atoms with Crippen LogP contribution < -0.4 is 24.8 Å². The summed E-state index contributed by atoms with van der Waals surface area (Å²) in [7, 11) is 2.90. The van der Waals surface area contributed by atoms with E-state index >= 15 is 0 Å². The highest BCUT2D eigenvalue weighted by atomic mass is 19.4. The van der Waals surface area contributed by atoms with Crippen molar-refractivity contribution in [3.8, 4) is 28.4 Å². The Labute approximate surface area is 226 Å². The number of hydrogen-bond donors (Lipinski definition) is 2. The fraction of sp³-hybridized carbons (Fsp3) is 0.370. The maximum absolute atomic E-state index is 14.2. The minimum atomic E-state index is -4.81. The molecule has 2 N–H and O–H groups in total. The van der Waals surface area contributed by atoms with E-state index in [-0.39, 0.29) is 36.9 Å². The van der Waals surface area contributed by atoms with Crippen LogP contribution in [0.3, 0.4) is 0 Å². The number of hydrogen-bond acceptors (Lipinski definition) is 8. The van der Waals surface area contributed by atoms with Gasteiger partial charge in [0.1, 0.15) is 23.7 Å². The summed E-state index contributed by atoms with van der Waals surface area (Å²) in [5, 5.41) is 23.3. The molecule has 2 aliphatic rings. The minimum absolute atomic E-state index is 0.00538. The largest absolute Gasteiger partial charge is 0.497 e. The fourth-order valence-corrected chi connectivity index (χ4v) is 5.16. The molecule has 0 radical (unpaired) electrons. The Morgan fingerprint density at radius 3 is 2.35 bits per heavy atom. The number of benzene rings is 2. The summed E-state index contributed by atoms with van der Waals surface area (Å²) in [6.07, 6.45) is -4.54. The van der Waals surface area contributed by atoms with Crippen molar-refractivity contribution in [2.45, 2.75) is 12.6 Å².